The maximum Gasteiger partial charge on any atom is 0.418 e. The molecule has 0 aromatic heterocycles. The Morgan fingerprint density at radius 1 is 1.25 bits per heavy atom. The summed E-state index contributed by atoms with van der Waals surface area (Å²) in [5, 5.41) is 2.95. The van der Waals surface area contributed by atoms with Crippen LogP contribution in [-0.2, 0) is 6.18 Å². The first-order chi connectivity index (χ1) is 9.38. The molecule has 0 aliphatic carbocycles. The van der Waals surface area contributed by atoms with Crippen LogP contribution in [0.3, 0.4) is 0 Å². The van der Waals surface area contributed by atoms with Crippen molar-refractivity contribution >= 4 is 5.69 Å². The third-order valence-electron chi connectivity index (χ3n) is 3.17. The van der Waals surface area contributed by atoms with Crippen molar-refractivity contribution in [3.05, 3.63) is 23.8 Å². The molecule has 1 unspecified atom stereocenters. The molecule has 5 heteroatoms. The van der Waals surface area contributed by atoms with Gasteiger partial charge in [-0.2, -0.15) is 13.2 Å². The fourth-order valence-electron chi connectivity index (χ4n) is 2.05. The SMILES string of the molecule is CCCCCC(C)Nc1ccc(OC)cc1C(F)(F)F. The van der Waals surface area contributed by atoms with Crippen molar-refractivity contribution in [2.75, 3.05) is 12.4 Å². The molecule has 0 saturated heterocycles. The van der Waals surface area contributed by atoms with Gasteiger partial charge < -0.3 is 10.1 Å². The second-order valence-electron chi connectivity index (χ2n) is 4.95. The predicted molar refractivity (Wildman–Crippen MR) is 75.2 cm³/mol. The highest BCUT2D eigenvalue weighted by molar-refractivity contribution is 5.56. The third-order valence-corrected chi connectivity index (χ3v) is 3.17. The molecule has 0 heterocycles. The zero-order valence-electron chi connectivity index (χ0n) is 12.2. The Balaban J connectivity index is 2.83. The van der Waals surface area contributed by atoms with Gasteiger partial charge in [-0.1, -0.05) is 26.2 Å². The van der Waals surface area contributed by atoms with Crippen LogP contribution in [0.15, 0.2) is 18.2 Å². The summed E-state index contributed by atoms with van der Waals surface area (Å²) in [7, 11) is 1.36. The van der Waals surface area contributed by atoms with Crippen molar-refractivity contribution in [2.24, 2.45) is 0 Å². The molecule has 0 fully saturated rings. The summed E-state index contributed by atoms with van der Waals surface area (Å²) in [4.78, 5) is 0. The average molecular weight is 289 g/mol. The molecule has 114 valence electrons. The zero-order valence-corrected chi connectivity index (χ0v) is 12.2. The van der Waals surface area contributed by atoms with Gasteiger partial charge in [0, 0.05) is 11.7 Å². The van der Waals surface area contributed by atoms with Crippen molar-refractivity contribution in [1.82, 2.24) is 0 Å². The van der Waals surface area contributed by atoms with E-state index in [2.05, 4.69) is 12.2 Å². The lowest BCUT2D eigenvalue weighted by Crippen LogP contribution is -2.18. The van der Waals surface area contributed by atoms with Gasteiger partial charge in [0.1, 0.15) is 5.75 Å². The molecule has 0 aliphatic rings. The first-order valence-electron chi connectivity index (χ1n) is 6.90. The molecule has 1 aromatic carbocycles. The van der Waals surface area contributed by atoms with Crippen LogP contribution in [0.25, 0.3) is 0 Å². The number of alkyl halides is 3. The number of benzene rings is 1. The summed E-state index contributed by atoms with van der Waals surface area (Å²) in [6.45, 7) is 4.00. The summed E-state index contributed by atoms with van der Waals surface area (Å²) >= 11 is 0. The van der Waals surface area contributed by atoms with Gasteiger partial charge in [0.05, 0.1) is 12.7 Å². The standard InChI is InChI=1S/C15H22F3NO/c1-4-5-6-7-11(2)19-14-9-8-12(20-3)10-13(14)15(16,17)18/h8-11,19H,4-7H2,1-3H3. The van der Waals surface area contributed by atoms with Crippen LogP contribution in [0.2, 0.25) is 0 Å². The minimum absolute atomic E-state index is 0.0102. The Kier molecular flexibility index (Phi) is 6.17. The van der Waals surface area contributed by atoms with E-state index in [4.69, 9.17) is 4.74 Å². The van der Waals surface area contributed by atoms with Crippen LogP contribution >= 0.6 is 0 Å². The Morgan fingerprint density at radius 3 is 2.50 bits per heavy atom. The van der Waals surface area contributed by atoms with Crippen LogP contribution in [-0.4, -0.2) is 13.2 Å². The number of methoxy groups -OCH3 is 1. The molecule has 0 bridgehead atoms. The monoisotopic (exact) mass is 289 g/mol. The topological polar surface area (TPSA) is 21.3 Å². The van der Waals surface area contributed by atoms with E-state index in [1.807, 2.05) is 6.92 Å². The van der Waals surface area contributed by atoms with Crippen LogP contribution in [0.1, 0.15) is 45.1 Å². The van der Waals surface area contributed by atoms with Gasteiger partial charge in [0.2, 0.25) is 0 Å². The summed E-state index contributed by atoms with van der Waals surface area (Å²) in [6, 6.07) is 4.01. The second-order valence-corrected chi connectivity index (χ2v) is 4.95. The lowest BCUT2D eigenvalue weighted by Gasteiger charge is -2.20. The molecule has 1 N–H and O–H groups in total. The van der Waals surface area contributed by atoms with Crippen LogP contribution in [0, 0.1) is 0 Å². The van der Waals surface area contributed by atoms with E-state index in [1.165, 1.54) is 19.2 Å². The lowest BCUT2D eigenvalue weighted by atomic mass is 10.1. The molecule has 2 nitrogen and oxygen atoms in total. The van der Waals surface area contributed by atoms with Crippen LogP contribution in [0.5, 0.6) is 5.75 Å². The minimum Gasteiger partial charge on any atom is -0.497 e. The number of rotatable bonds is 7. The van der Waals surface area contributed by atoms with E-state index in [9.17, 15) is 13.2 Å². The number of hydrogen-bond acceptors (Lipinski definition) is 2. The molecular formula is C15H22F3NO. The summed E-state index contributed by atoms with van der Waals surface area (Å²) in [5.41, 5.74) is -0.568. The van der Waals surface area contributed by atoms with Crippen molar-refractivity contribution < 1.29 is 17.9 Å². The molecule has 1 rings (SSSR count). The number of ether oxygens (including phenoxy) is 1. The Morgan fingerprint density at radius 2 is 1.95 bits per heavy atom. The van der Waals surface area contributed by atoms with Gasteiger partial charge in [-0.05, 0) is 31.5 Å². The molecule has 0 aliphatic heterocycles. The van der Waals surface area contributed by atoms with E-state index in [0.29, 0.717) is 0 Å². The van der Waals surface area contributed by atoms with Gasteiger partial charge in [0.25, 0.3) is 0 Å². The zero-order chi connectivity index (χ0) is 15.2. The molecule has 0 amide bonds. The number of hydrogen-bond donors (Lipinski definition) is 1. The summed E-state index contributed by atoms with van der Waals surface area (Å²) in [6.07, 6.45) is -0.316. The normalized spacial score (nSPS) is 13.1. The van der Waals surface area contributed by atoms with Gasteiger partial charge in [-0.25, -0.2) is 0 Å². The van der Waals surface area contributed by atoms with Gasteiger partial charge >= 0.3 is 6.18 Å². The number of nitrogens with one attached hydrogen (secondary N) is 1. The molecule has 1 aromatic rings. The highest BCUT2D eigenvalue weighted by Crippen LogP contribution is 2.37. The van der Waals surface area contributed by atoms with Crippen molar-refractivity contribution in [2.45, 2.75) is 51.7 Å². The van der Waals surface area contributed by atoms with Gasteiger partial charge in [0.15, 0.2) is 0 Å². The van der Waals surface area contributed by atoms with Crippen molar-refractivity contribution in [3.8, 4) is 5.75 Å². The molecule has 0 spiro atoms. The number of anilines is 1. The fraction of sp³-hybridized carbons (Fsp3) is 0.600. The first kappa shape index (κ1) is 16.7. The van der Waals surface area contributed by atoms with Crippen molar-refractivity contribution in [1.29, 1.82) is 0 Å². The van der Waals surface area contributed by atoms with Crippen LogP contribution < -0.4 is 10.1 Å². The van der Waals surface area contributed by atoms with E-state index >= 15 is 0 Å². The molecule has 20 heavy (non-hydrogen) atoms. The van der Waals surface area contributed by atoms with Crippen LogP contribution in [0.4, 0.5) is 18.9 Å². The highest BCUT2D eigenvalue weighted by Gasteiger charge is 2.34. The molecule has 1 atom stereocenters. The number of halogens is 3. The smallest absolute Gasteiger partial charge is 0.418 e. The predicted octanol–water partition coefficient (Wildman–Crippen LogP) is 5.09. The van der Waals surface area contributed by atoms with Gasteiger partial charge in [-0.15, -0.1) is 0 Å². The molecule has 0 saturated carbocycles. The van der Waals surface area contributed by atoms with E-state index < -0.39 is 11.7 Å². The Labute approximate surface area is 118 Å². The minimum atomic E-state index is -4.39. The maximum atomic E-state index is 13.0. The van der Waals surface area contributed by atoms with Crippen molar-refractivity contribution in [3.63, 3.8) is 0 Å². The molecule has 0 radical (unpaired) electrons. The second kappa shape index (κ2) is 7.41. The summed E-state index contributed by atoms with van der Waals surface area (Å²) in [5.74, 6) is 0.210. The largest absolute Gasteiger partial charge is 0.497 e. The average Bonchev–Trinajstić information content (AvgIpc) is 2.38. The fourth-order valence-corrected chi connectivity index (χ4v) is 2.05. The lowest BCUT2D eigenvalue weighted by molar-refractivity contribution is -0.137. The maximum absolute atomic E-state index is 13.0. The Bertz CT molecular complexity index is 418. The third kappa shape index (κ3) is 4.94. The van der Waals surface area contributed by atoms with E-state index in [1.54, 1.807) is 0 Å². The first-order valence-corrected chi connectivity index (χ1v) is 6.90. The van der Waals surface area contributed by atoms with Gasteiger partial charge in [-0.3, -0.25) is 0 Å². The van der Waals surface area contributed by atoms with E-state index in [-0.39, 0.29) is 17.5 Å². The summed E-state index contributed by atoms with van der Waals surface area (Å²) < 4.78 is 43.9. The quantitative estimate of drug-likeness (QED) is 0.705. The Hall–Kier alpha value is -1.39. The highest BCUT2D eigenvalue weighted by atomic mass is 19.4. The van der Waals surface area contributed by atoms with E-state index in [0.717, 1.165) is 31.7 Å². The molecular weight excluding hydrogens is 267 g/mol. The number of unbranched alkanes of at least 4 members (excludes halogenated alkanes) is 2.